The zero-order valence-corrected chi connectivity index (χ0v) is 21.1. The summed E-state index contributed by atoms with van der Waals surface area (Å²) in [6.45, 7) is 6.22. The van der Waals surface area contributed by atoms with Gasteiger partial charge in [-0.05, 0) is 24.3 Å². The highest BCUT2D eigenvalue weighted by molar-refractivity contribution is 6.12. The van der Waals surface area contributed by atoms with Gasteiger partial charge in [-0.15, -0.1) is 0 Å². The minimum absolute atomic E-state index is 0.296. The van der Waals surface area contributed by atoms with E-state index in [0.717, 1.165) is 65.8 Å². The predicted octanol–water partition coefficient (Wildman–Crippen LogP) is 2.47. The third-order valence-corrected chi connectivity index (χ3v) is 4.10. The summed E-state index contributed by atoms with van der Waals surface area (Å²) in [5.74, 6) is -8.87. The fraction of sp³-hybridized carbons (Fsp3) is 0.240. The van der Waals surface area contributed by atoms with E-state index in [1.807, 2.05) is 0 Å². The van der Waals surface area contributed by atoms with Crippen molar-refractivity contribution in [2.75, 3.05) is 0 Å². The van der Waals surface area contributed by atoms with Gasteiger partial charge in [0.15, 0.2) is 28.8 Å². The summed E-state index contributed by atoms with van der Waals surface area (Å²) < 4.78 is 30.4. The molecule has 38 heavy (non-hydrogen) atoms. The first kappa shape index (κ1) is 29.2. The van der Waals surface area contributed by atoms with E-state index in [2.05, 4.69) is 0 Å². The van der Waals surface area contributed by atoms with Gasteiger partial charge >= 0.3 is 35.8 Å². The van der Waals surface area contributed by atoms with E-state index in [-0.39, 0.29) is 16.9 Å². The molecule has 0 bridgehead atoms. The summed E-state index contributed by atoms with van der Waals surface area (Å²) in [4.78, 5) is 83.7. The molecule has 0 radical (unpaired) electrons. The molecule has 200 valence electrons. The second-order valence-electron chi connectivity index (χ2n) is 7.46. The van der Waals surface area contributed by atoms with Crippen LogP contribution in [0, 0.1) is 0 Å². The number of ketones is 1. The van der Waals surface area contributed by atoms with Gasteiger partial charge in [-0.2, -0.15) is 0 Å². The van der Waals surface area contributed by atoms with E-state index in [1.54, 1.807) is 0 Å². The van der Waals surface area contributed by atoms with E-state index < -0.39 is 70.3 Å². The number of carbonyl (C=O) groups is 7. The van der Waals surface area contributed by atoms with E-state index >= 15 is 0 Å². The summed E-state index contributed by atoms with van der Waals surface area (Å²) >= 11 is 0. The van der Waals surface area contributed by atoms with Crippen molar-refractivity contribution >= 4 is 41.6 Å². The number of hydrogen-bond acceptors (Lipinski definition) is 13. The molecule has 0 unspecified atom stereocenters. The standard InChI is InChI=1S/C25H22O13/c1-11(26)33-19-8-7-18(23(36-14(4)29)25(19)38-16(6)31)22(32)17-9-20(34-12(2)27)24(37-15(5)30)21(10-17)35-13(3)28/h7-10H,1-6H3. The fourth-order valence-corrected chi connectivity index (χ4v) is 3.01. The maximum Gasteiger partial charge on any atom is 0.308 e. The largest absolute Gasteiger partial charge is 0.423 e. The predicted molar refractivity (Wildman–Crippen MR) is 124 cm³/mol. The zero-order valence-electron chi connectivity index (χ0n) is 21.1. The van der Waals surface area contributed by atoms with Gasteiger partial charge in [0.25, 0.3) is 0 Å². The van der Waals surface area contributed by atoms with E-state index in [4.69, 9.17) is 28.4 Å². The molecule has 0 atom stereocenters. The van der Waals surface area contributed by atoms with Crippen LogP contribution >= 0.6 is 0 Å². The Balaban J connectivity index is 2.85. The lowest BCUT2D eigenvalue weighted by molar-refractivity contribution is -0.135. The van der Waals surface area contributed by atoms with Crippen LogP contribution in [-0.4, -0.2) is 41.6 Å². The van der Waals surface area contributed by atoms with E-state index in [0.29, 0.717) is 0 Å². The number of benzene rings is 2. The van der Waals surface area contributed by atoms with Crippen LogP contribution in [-0.2, 0) is 28.8 Å². The molecule has 2 aromatic carbocycles. The number of ether oxygens (including phenoxy) is 6. The molecular formula is C25H22O13. The SMILES string of the molecule is CC(=O)Oc1cc(C(=O)c2ccc(OC(C)=O)c(OC(C)=O)c2OC(C)=O)cc(OC(C)=O)c1OC(C)=O. The Kier molecular flexibility index (Phi) is 9.40. The van der Waals surface area contributed by atoms with Crippen LogP contribution in [0.4, 0.5) is 0 Å². The van der Waals surface area contributed by atoms with Crippen LogP contribution in [0.1, 0.15) is 57.5 Å². The van der Waals surface area contributed by atoms with Gasteiger partial charge in [0, 0.05) is 47.1 Å². The van der Waals surface area contributed by atoms with Crippen molar-refractivity contribution in [1.29, 1.82) is 0 Å². The molecule has 0 amide bonds. The quantitative estimate of drug-likeness (QED) is 0.277. The third kappa shape index (κ3) is 7.71. The molecule has 13 heteroatoms. The number of esters is 6. The van der Waals surface area contributed by atoms with Crippen molar-refractivity contribution in [2.45, 2.75) is 41.5 Å². The lowest BCUT2D eigenvalue weighted by Gasteiger charge is -2.17. The molecular weight excluding hydrogens is 508 g/mol. The smallest absolute Gasteiger partial charge is 0.308 e. The van der Waals surface area contributed by atoms with Crippen molar-refractivity contribution in [3.63, 3.8) is 0 Å². The summed E-state index contributed by atoms with van der Waals surface area (Å²) in [7, 11) is 0. The summed E-state index contributed by atoms with van der Waals surface area (Å²) in [6.07, 6.45) is 0. The number of carbonyl (C=O) groups excluding carboxylic acids is 7. The van der Waals surface area contributed by atoms with Crippen LogP contribution in [0.5, 0.6) is 34.5 Å². The number of hydrogen-bond donors (Lipinski definition) is 0. The molecule has 13 nitrogen and oxygen atoms in total. The normalized spacial score (nSPS) is 10.1. The van der Waals surface area contributed by atoms with Gasteiger partial charge in [-0.3, -0.25) is 33.6 Å². The van der Waals surface area contributed by atoms with Crippen LogP contribution in [0.3, 0.4) is 0 Å². The van der Waals surface area contributed by atoms with Crippen LogP contribution < -0.4 is 28.4 Å². The minimum Gasteiger partial charge on any atom is -0.423 e. The Morgan fingerprint density at radius 1 is 0.447 bits per heavy atom. The molecule has 0 spiro atoms. The monoisotopic (exact) mass is 530 g/mol. The highest BCUT2D eigenvalue weighted by atomic mass is 16.6. The molecule has 2 rings (SSSR count). The topological polar surface area (TPSA) is 175 Å². The van der Waals surface area contributed by atoms with Gasteiger partial charge in [0.2, 0.25) is 11.5 Å². The summed E-state index contributed by atoms with van der Waals surface area (Å²) in [5.41, 5.74) is -0.661. The van der Waals surface area contributed by atoms with E-state index in [1.165, 1.54) is 0 Å². The average molecular weight is 530 g/mol. The summed E-state index contributed by atoms with van der Waals surface area (Å²) in [6, 6.07) is 4.26. The first-order valence-electron chi connectivity index (χ1n) is 10.7. The summed E-state index contributed by atoms with van der Waals surface area (Å²) in [5, 5.41) is 0. The number of rotatable bonds is 8. The van der Waals surface area contributed by atoms with Crippen molar-refractivity contribution in [3.8, 4) is 34.5 Å². The maximum atomic E-state index is 13.6. The molecule has 0 aliphatic heterocycles. The molecule has 0 saturated carbocycles. The molecule has 0 saturated heterocycles. The van der Waals surface area contributed by atoms with Crippen LogP contribution in [0.25, 0.3) is 0 Å². The van der Waals surface area contributed by atoms with Crippen LogP contribution in [0.15, 0.2) is 24.3 Å². The highest BCUT2D eigenvalue weighted by Gasteiger charge is 2.29. The van der Waals surface area contributed by atoms with Crippen molar-refractivity contribution in [2.24, 2.45) is 0 Å². The highest BCUT2D eigenvalue weighted by Crippen LogP contribution is 2.44. The zero-order chi connectivity index (χ0) is 28.7. The Hall–Kier alpha value is -5.07. The van der Waals surface area contributed by atoms with Gasteiger partial charge in [0.05, 0.1) is 5.56 Å². The Labute approximate surface area is 215 Å². The average Bonchev–Trinajstić information content (AvgIpc) is 2.75. The molecule has 0 N–H and O–H groups in total. The molecule has 0 aromatic heterocycles. The van der Waals surface area contributed by atoms with Gasteiger partial charge in [-0.1, -0.05) is 0 Å². The van der Waals surface area contributed by atoms with Crippen molar-refractivity contribution < 1.29 is 62.0 Å². The molecule has 2 aromatic rings. The Morgan fingerprint density at radius 3 is 1.24 bits per heavy atom. The lowest BCUT2D eigenvalue weighted by atomic mass is 10.0. The maximum absolute atomic E-state index is 13.6. The second kappa shape index (κ2) is 12.3. The molecule has 0 fully saturated rings. The lowest BCUT2D eigenvalue weighted by Crippen LogP contribution is -2.15. The third-order valence-electron chi connectivity index (χ3n) is 4.10. The molecule has 0 aliphatic carbocycles. The first-order chi connectivity index (χ1) is 17.7. The van der Waals surface area contributed by atoms with Crippen molar-refractivity contribution in [3.05, 3.63) is 35.4 Å². The molecule has 0 heterocycles. The second-order valence-corrected chi connectivity index (χ2v) is 7.46. The Morgan fingerprint density at radius 2 is 0.816 bits per heavy atom. The first-order valence-corrected chi connectivity index (χ1v) is 10.7. The van der Waals surface area contributed by atoms with Crippen molar-refractivity contribution in [1.82, 2.24) is 0 Å². The van der Waals surface area contributed by atoms with Gasteiger partial charge in [0.1, 0.15) is 0 Å². The van der Waals surface area contributed by atoms with Crippen LogP contribution in [0.2, 0.25) is 0 Å². The Bertz CT molecular complexity index is 1320. The van der Waals surface area contributed by atoms with E-state index in [9.17, 15) is 33.6 Å². The molecule has 0 aliphatic rings. The van der Waals surface area contributed by atoms with Gasteiger partial charge in [-0.25, -0.2) is 0 Å². The minimum atomic E-state index is -0.918. The fourth-order valence-electron chi connectivity index (χ4n) is 3.01. The van der Waals surface area contributed by atoms with Gasteiger partial charge < -0.3 is 28.4 Å².